The van der Waals surface area contributed by atoms with Gasteiger partial charge in [0.15, 0.2) is 0 Å². The maximum Gasteiger partial charge on any atom is 0.0847 e. The zero-order chi connectivity index (χ0) is 14.0. The van der Waals surface area contributed by atoms with Gasteiger partial charge in [0.1, 0.15) is 0 Å². The van der Waals surface area contributed by atoms with Crippen molar-refractivity contribution in [2.24, 2.45) is 7.05 Å². The first-order chi connectivity index (χ1) is 9.04. The Bertz CT molecular complexity index is 577. The summed E-state index contributed by atoms with van der Waals surface area (Å²) in [4.78, 5) is 4.21. The van der Waals surface area contributed by atoms with Gasteiger partial charge in [-0.05, 0) is 38.1 Å². The van der Waals surface area contributed by atoms with Gasteiger partial charge >= 0.3 is 0 Å². The average Bonchev–Trinajstić information content (AvgIpc) is 2.63. The van der Waals surface area contributed by atoms with E-state index in [0.29, 0.717) is 0 Å². The lowest BCUT2D eigenvalue weighted by molar-refractivity contribution is 0.557. The Hall–Kier alpha value is -1.39. The van der Waals surface area contributed by atoms with Crippen molar-refractivity contribution < 1.29 is 0 Å². The lowest BCUT2D eigenvalue weighted by Gasteiger charge is -2.18. The van der Waals surface area contributed by atoms with Gasteiger partial charge in [-0.1, -0.05) is 11.6 Å². The van der Waals surface area contributed by atoms with Crippen molar-refractivity contribution >= 4 is 11.6 Å². The molecule has 0 saturated heterocycles. The van der Waals surface area contributed by atoms with E-state index in [9.17, 15) is 0 Å². The minimum Gasteiger partial charge on any atom is -0.313 e. The van der Waals surface area contributed by atoms with Crippen LogP contribution in [0.15, 0.2) is 18.5 Å². The number of nitrogens with zero attached hydrogens (tertiary/aromatic N) is 3. The van der Waals surface area contributed by atoms with E-state index < -0.39 is 0 Å². The highest BCUT2D eigenvalue weighted by atomic mass is 35.5. The molecule has 2 heterocycles. The van der Waals surface area contributed by atoms with Gasteiger partial charge in [-0.3, -0.25) is 9.67 Å². The summed E-state index contributed by atoms with van der Waals surface area (Å²) in [5.41, 5.74) is 4.34. The minimum absolute atomic E-state index is 0.181. The molecule has 0 fully saturated rings. The van der Waals surface area contributed by atoms with Gasteiger partial charge in [-0.25, -0.2) is 0 Å². The molecule has 0 aliphatic heterocycles. The van der Waals surface area contributed by atoms with Crippen LogP contribution in [0.5, 0.6) is 0 Å². The monoisotopic (exact) mass is 278 g/mol. The largest absolute Gasteiger partial charge is 0.313 e. The van der Waals surface area contributed by atoms with Crippen molar-refractivity contribution in [3.63, 3.8) is 0 Å². The molecule has 0 spiro atoms. The van der Waals surface area contributed by atoms with E-state index >= 15 is 0 Å². The third kappa shape index (κ3) is 2.80. The number of likely N-dealkylation sites (N-methyl/N-ethyl adjacent to an activating group) is 1. The van der Waals surface area contributed by atoms with Gasteiger partial charge in [-0.15, -0.1) is 0 Å². The highest BCUT2D eigenvalue weighted by Crippen LogP contribution is 2.26. The molecule has 4 nitrogen and oxygen atoms in total. The van der Waals surface area contributed by atoms with Crippen LogP contribution in [0.4, 0.5) is 0 Å². The lowest BCUT2D eigenvalue weighted by atomic mass is 9.99. The van der Waals surface area contributed by atoms with E-state index in [1.807, 2.05) is 44.2 Å². The van der Waals surface area contributed by atoms with Gasteiger partial charge in [-0.2, -0.15) is 5.10 Å². The zero-order valence-corrected chi connectivity index (χ0v) is 12.5. The molecule has 0 bridgehead atoms. The van der Waals surface area contributed by atoms with E-state index in [4.69, 9.17) is 11.6 Å². The Kier molecular flexibility index (Phi) is 4.22. The number of aryl methyl sites for hydroxylation is 3. The fourth-order valence-electron chi connectivity index (χ4n) is 2.30. The van der Waals surface area contributed by atoms with Crippen molar-refractivity contribution in [2.75, 3.05) is 7.05 Å². The number of rotatable bonds is 4. The molecule has 1 N–H and O–H groups in total. The first-order valence-corrected chi connectivity index (χ1v) is 6.68. The summed E-state index contributed by atoms with van der Waals surface area (Å²) in [7, 11) is 3.88. The fraction of sp³-hybridized carbons (Fsp3) is 0.429. The average molecular weight is 279 g/mol. The Morgan fingerprint density at radius 3 is 2.68 bits per heavy atom. The molecular weight excluding hydrogens is 260 g/mol. The minimum atomic E-state index is 0.181. The molecule has 2 aromatic rings. The molecule has 0 aromatic carbocycles. The molecule has 2 aromatic heterocycles. The van der Waals surface area contributed by atoms with Crippen LogP contribution in [0.2, 0.25) is 5.02 Å². The summed E-state index contributed by atoms with van der Waals surface area (Å²) in [6, 6.07) is 2.21. The third-order valence-electron chi connectivity index (χ3n) is 3.46. The first kappa shape index (κ1) is 14.0. The van der Waals surface area contributed by atoms with Crippen molar-refractivity contribution in [2.45, 2.75) is 26.3 Å². The number of pyridine rings is 1. The van der Waals surface area contributed by atoms with Crippen LogP contribution in [0.1, 0.15) is 28.6 Å². The number of aromatic nitrogens is 3. The summed E-state index contributed by atoms with van der Waals surface area (Å²) >= 11 is 6.32. The quantitative estimate of drug-likeness (QED) is 0.935. The van der Waals surface area contributed by atoms with Gasteiger partial charge in [0.2, 0.25) is 0 Å². The molecular formula is C14H19ClN4. The summed E-state index contributed by atoms with van der Waals surface area (Å²) in [6.07, 6.45) is 4.51. The summed E-state index contributed by atoms with van der Waals surface area (Å²) in [6.45, 7) is 4.02. The SMILES string of the molecule is CNC(Cc1c(Cl)c(C)nn1C)c1cnccc1C. The predicted molar refractivity (Wildman–Crippen MR) is 77.4 cm³/mol. The molecule has 0 saturated carbocycles. The maximum atomic E-state index is 6.32. The second kappa shape index (κ2) is 5.72. The molecule has 1 atom stereocenters. The second-order valence-electron chi connectivity index (χ2n) is 4.75. The first-order valence-electron chi connectivity index (χ1n) is 6.30. The van der Waals surface area contributed by atoms with Crippen LogP contribution in [0.3, 0.4) is 0 Å². The van der Waals surface area contributed by atoms with Crippen LogP contribution in [0, 0.1) is 13.8 Å². The van der Waals surface area contributed by atoms with E-state index in [1.54, 1.807) is 0 Å². The van der Waals surface area contributed by atoms with Crippen LogP contribution in [-0.4, -0.2) is 21.8 Å². The highest BCUT2D eigenvalue weighted by Gasteiger charge is 2.18. The molecule has 0 amide bonds. The molecule has 1 unspecified atom stereocenters. The van der Waals surface area contributed by atoms with Crippen molar-refractivity contribution in [1.82, 2.24) is 20.1 Å². The molecule has 102 valence electrons. The Balaban J connectivity index is 2.32. The smallest absolute Gasteiger partial charge is 0.0847 e. The van der Waals surface area contributed by atoms with Crippen LogP contribution >= 0.6 is 11.6 Å². The van der Waals surface area contributed by atoms with E-state index in [0.717, 1.165) is 22.8 Å². The van der Waals surface area contributed by atoms with Gasteiger partial charge < -0.3 is 5.32 Å². The van der Waals surface area contributed by atoms with E-state index in [1.165, 1.54) is 11.1 Å². The lowest BCUT2D eigenvalue weighted by Crippen LogP contribution is -2.21. The van der Waals surface area contributed by atoms with Crippen molar-refractivity contribution in [3.8, 4) is 0 Å². The normalized spacial score (nSPS) is 12.7. The topological polar surface area (TPSA) is 42.7 Å². The standard InChI is InChI=1S/C14H19ClN4/c1-9-5-6-17-8-11(9)12(16-3)7-13-14(15)10(2)18-19(13)4/h5-6,8,12,16H,7H2,1-4H3. The van der Waals surface area contributed by atoms with Gasteiger partial charge in [0.05, 0.1) is 16.4 Å². The molecule has 2 rings (SSSR count). The van der Waals surface area contributed by atoms with E-state index in [2.05, 4.69) is 22.3 Å². The Morgan fingerprint density at radius 2 is 2.16 bits per heavy atom. The summed E-state index contributed by atoms with van der Waals surface area (Å²) in [5.74, 6) is 0. The second-order valence-corrected chi connectivity index (χ2v) is 5.13. The molecule has 19 heavy (non-hydrogen) atoms. The van der Waals surface area contributed by atoms with Crippen LogP contribution in [0.25, 0.3) is 0 Å². The van der Waals surface area contributed by atoms with E-state index in [-0.39, 0.29) is 6.04 Å². The number of nitrogens with one attached hydrogen (secondary N) is 1. The van der Waals surface area contributed by atoms with Gasteiger partial charge in [0.25, 0.3) is 0 Å². The predicted octanol–water partition coefficient (Wildman–Crippen LogP) is 2.59. The van der Waals surface area contributed by atoms with Crippen LogP contribution < -0.4 is 5.32 Å². The Morgan fingerprint density at radius 1 is 1.42 bits per heavy atom. The van der Waals surface area contributed by atoms with Crippen molar-refractivity contribution in [1.29, 1.82) is 0 Å². The number of hydrogen-bond donors (Lipinski definition) is 1. The number of halogens is 1. The van der Waals surface area contributed by atoms with Crippen molar-refractivity contribution in [3.05, 3.63) is 46.0 Å². The molecule has 0 aliphatic rings. The third-order valence-corrected chi connectivity index (χ3v) is 3.95. The molecule has 0 aliphatic carbocycles. The zero-order valence-electron chi connectivity index (χ0n) is 11.7. The summed E-state index contributed by atoms with van der Waals surface area (Å²) in [5, 5.41) is 8.44. The molecule has 5 heteroatoms. The van der Waals surface area contributed by atoms with Gasteiger partial charge in [0, 0.05) is 31.9 Å². The maximum absolute atomic E-state index is 6.32. The Labute approximate surface area is 118 Å². The molecule has 0 radical (unpaired) electrons. The summed E-state index contributed by atoms with van der Waals surface area (Å²) < 4.78 is 1.85. The number of hydrogen-bond acceptors (Lipinski definition) is 3. The van der Waals surface area contributed by atoms with Crippen LogP contribution in [-0.2, 0) is 13.5 Å². The fourth-order valence-corrected chi connectivity index (χ4v) is 2.54. The highest BCUT2D eigenvalue weighted by molar-refractivity contribution is 6.31.